The summed E-state index contributed by atoms with van der Waals surface area (Å²) in [5.74, 6) is -0.404. The van der Waals surface area contributed by atoms with E-state index in [-0.39, 0.29) is 22.7 Å². The molecule has 3 rings (SSSR count). The van der Waals surface area contributed by atoms with Gasteiger partial charge in [-0.15, -0.1) is 0 Å². The van der Waals surface area contributed by atoms with Crippen molar-refractivity contribution in [1.29, 1.82) is 0 Å². The van der Waals surface area contributed by atoms with Crippen LogP contribution in [-0.2, 0) is 16.7 Å². The zero-order valence-corrected chi connectivity index (χ0v) is 20.5. The van der Waals surface area contributed by atoms with Gasteiger partial charge in [0.15, 0.2) is 0 Å². The van der Waals surface area contributed by atoms with Crippen molar-refractivity contribution in [2.45, 2.75) is 51.6 Å². The molecule has 0 spiro atoms. The molecule has 0 aliphatic rings. The van der Waals surface area contributed by atoms with E-state index in [0.29, 0.717) is 6.54 Å². The Morgan fingerprint density at radius 2 is 1.65 bits per heavy atom. The highest BCUT2D eigenvalue weighted by Gasteiger charge is 2.20. The standard InChI is InChI=1S/C26H29FN2O4S/c1-5-20(4)29(26(30)28-23-11-6-18(2)19(3)16-23)17-21-7-12-24(13-8-21)33-34(31,32)25-14-9-22(27)10-15-25/h6-16,20H,5,17H2,1-4H3,(H,28,30). The number of amides is 2. The molecule has 3 aromatic carbocycles. The molecule has 6 nitrogen and oxygen atoms in total. The van der Waals surface area contributed by atoms with E-state index in [9.17, 15) is 17.6 Å². The molecule has 8 heteroatoms. The van der Waals surface area contributed by atoms with Gasteiger partial charge in [0.2, 0.25) is 0 Å². The van der Waals surface area contributed by atoms with Gasteiger partial charge in [-0.1, -0.05) is 25.1 Å². The minimum absolute atomic E-state index is 0.0127. The van der Waals surface area contributed by atoms with Crippen molar-refractivity contribution in [3.8, 4) is 5.75 Å². The Morgan fingerprint density at radius 1 is 1.00 bits per heavy atom. The fourth-order valence-corrected chi connectivity index (χ4v) is 4.22. The molecule has 1 N–H and O–H groups in total. The predicted molar refractivity (Wildman–Crippen MR) is 131 cm³/mol. The summed E-state index contributed by atoms with van der Waals surface area (Å²) in [6, 6.07) is 16.5. The number of rotatable bonds is 8. The summed E-state index contributed by atoms with van der Waals surface area (Å²) in [6.45, 7) is 8.35. The first-order valence-corrected chi connectivity index (χ1v) is 12.4. The van der Waals surface area contributed by atoms with Crippen LogP contribution in [0.5, 0.6) is 5.75 Å². The van der Waals surface area contributed by atoms with Crippen LogP contribution in [0.1, 0.15) is 37.0 Å². The van der Waals surface area contributed by atoms with Crippen LogP contribution in [0.2, 0.25) is 0 Å². The molecule has 0 bridgehead atoms. The average molecular weight is 485 g/mol. The summed E-state index contributed by atoms with van der Waals surface area (Å²) in [5.41, 5.74) is 3.80. The second kappa shape index (κ2) is 10.7. The van der Waals surface area contributed by atoms with Gasteiger partial charge >= 0.3 is 16.1 Å². The third-order valence-corrected chi connectivity index (χ3v) is 6.99. The molecule has 34 heavy (non-hydrogen) atoms. The van der Waals surface area contributed by atoms with Gasteiger partial charge in [0.05, 0.1) is 0 Å². The first kappa shape index (κ1) is 25.2. The Labute approximate surface area is 200 Å². The quantitative estimate of drug-likeness (QED) is 0.395. The molecule has 180 valence electrons. The lowest BCUT2D eigenvalue weighted by molar-refractivity contribution is 0.187. The summed E-state index contributed by atoms with van der Waals surface area (Å²) in [6.07, 6.45) is 0.775. The molecule has 0 radical (unpaired) electrons. The van der Waals surface area contributed by atoms with Crippen LogP contribution >= 0.6 is 0 Å². The number of hydrogen-bond donors (Lipinski definition) is 1. The van der Waals surface area contributed by atoms with Gasteiger partial charge in [-0.05, 0) is 92.4 Å². The molecule has 1 atom stereocenters. The third kappa shape index (κ3) is 6.35. The van der Waals surface area contributed by atoms with Crippen molar-refractivity contribution in [3.05, 3.63) is 89.2 Å². The van der Waals surface area contributed by atoms with E-state index in [1.807, 2.05) is 45.9 Å². The second-order valence-electron chi connectivity index (χ2n) is 8.25. The first-order chi connectivity index (χ1) is 16.1. The number of urea groups is 1. The van der Waals surface area contributed by atoms with E-state index in [0.717, 1.165) is 53.1 Å². The number of hydrogen-bond acceptors (Lipinski definition) is 4. The average Bonchev–Trinajstić information content (AvgIpc) is 2.80. The molecule has 0 saturated carbocycles. The predicted octanol–water partition coefficient (Wildman–Crippen LogP) is 6.04. The van der Waals surface area contributed by atoms with Gasteiger partial charge in [0.25, 0.3) is 0 Å². The highest BCUT2D eigenvalue weighted by molar-refractivity contribution is 7.87. The van der Waals surface area contributed by atoms with Crippen molar-refractivity contribution in [2.24, 2.45) is 0 Å². The number of anilines is 1. The number of nitrogens with zero attached hydrogens (tertiary/aromatic N) is 1. The fourth-order valence-electron chi connectivity index (χ4n) is 3.29. The van der Waals surface area contributed by atoms with Crippen molar-refractivity contribution in [3.63, 3.8) is 0 Å². The van der Waals surface area contributed by atoms with E-state index in [1.165, 1.54) is 12.1 Å². The lowest BCUT2D eigenvalue weighted by atomic mass is 10.1. The third-order valence-electron chi connectivity index (χ3n) is 5.73. The lowest BCUT2D eigenvalue weighted by Crippen LogP contribution is -2.40. The zero-order chi connectivity index (χ0) is 24.9. The smallest absolute Gasteiger partial charge is 0.339 e. The fraction of sp³-hybridized carbons (Fsp3) is 0.269. The number of halogens is 1. The number of carbonyl (C=O) groups excluding carboxylic acids is 1. The number of aryl methyl sites for hydroxylation is 2. The van der Waals surface area contributed by atoms with Crippen LogP contribution in [0.25, 0.3) is 0 Å². The molecule has 0 aliphatic heterocycles. The SMILES string of the molecule is CCC(C)N(Cc1ccc(OS(=O)(=O)c2ccc(F)cc2)cc1)C(=O)Nc1ccc(C)c(C)c1. The van der Waals surface area contributed by atoms with Crippen molar-refractivity contribution >= 4 is 21.8 Å². The van der Waals surface area contributed by atoms with Gasteiger partial charge in [0.1, 0.15) is 16.5 Å². The Hall–Kier alpha value is -3.39. The minimum atomic E-state index is -4.08. The zero-order valence-electron chi connectivity index (χ0n) is 19.7. The van der Waals surface area contributed by atoms with E-state index < -0.39 is 15.9 Å². The molecule has 3 aromatic rings. The summed E-state index contributed by atoms with van der Waals surface area (Å²) in [5, 5.41) is 2.97. The van der Waals surface area contributed by atoms with Gasteiger partial charge in [-0.2, -0.15) is 8.42 Å². The summed E-state index contributed by atoms with van der Waals surface area (Å²) in [7, 11) is -4.08. The first-order valence-electron chi connectivity index (χ1n) is 11.0. The molecular weight excluding hydrogens is 455 g/mol. The molecule has 0 aromatic heterocycles. The molecule has 1 unspecified atom stereocenters. The van der Waals surface area contributed by atoms with E-state index in [4.69, 9.17) is 4.18 Å². The van der Waals surface area contributed by atoms with Crippen LogP contribution in [-0.4, -0.2) is 25.4 Å². The molecule has 0 heterocycles. The second-order valence-corrected chi connectivity index (χ2v) is 9.80. The molecular formula is C26H29FN2O4S. The normalized spacial score (nSPS) is 12.1. The number of nitrogens with one attached hydrogen (secondary N) is 1. The highest BCUT2D eigenvalue weighted by Crippen LogP contribution is 2.22. The molecule has 0 aliphatic carbocycles. The summed E-state index contributed by atoms with van der Waals surface area (Å²) >= 11 is 0. The molecule has 0 saturated heterocycles. The van der Waals surface area contributed by atoms with Crippen LogP contribution < -0.4 is 9.50 Å². The van der Waals surface area contributed by atoms with Crippen LogP contribution in [0, 0.1) is 19.7 Å². The van der Waals surface area contributed by atoms with Crippen LogP contribution in [0.4, 0.5) is 14.9 Å². The number of benzene rings is 3. The van der Waals surface area contributed by atoms with Crippen LogP contribution in [0.3, 0.4) is 0 Å². The topological polar surface area (TPSA) is 75.7 Å². The maximum Gasteiger partial charge on any atom is 0.339 e. The maximum atomic E-state index is 13.1. The lowest BCUT2D eigenvalue weighted by Gasteiger charge is -2.29. The monoisotopic (exact) mass is 484 g/mol. The van der Waals surface area contributed by atoms with Crippen molar-refractivity contribution in [1.82, 2.24) is 4.90 Å². The van der Waals surface area contributed by atoms with Gasteiger partial charge in [0, 0.05) is 18.3 Å². The summed E-state index contributed by atoms with van der Waals surface area (Å²) in [4.78, 5) is 14.6. The summed E-state index contributed by atoms with van der Waals surface area (Å²) < 4.78 is 43.0. The molecule has 2 amide bonds. The maximum absolute atomic E-state index is 13.1. The Balaban J connectivity index is 1.71. The molecule has 0 fully saturated rings. The Morgan fingerprint density at radius 3 is 2.24 bits per heavy atom. The van der Waals surface area contributed by atoms with Gasteiger partial charge in [-0.3, -0.25) is 0 Å². The van der Waals surface area contributed by atoms with E-state index in [1.54, 1.807) is 17.0 Å². The van der Waals surface area contributed by atoms with Crippen molar-refractivity contribution < 1.29 is 21.8 Å². The Bertz CT molecular complexity index is 1240. The minimum Gasteiger partial charge on any atom is -0.379 e. The largest absolute Gasteiger partial charge is 0.379 e. The Kier molecular flexibility index (Phi) is 7.94. The van der Waals surface area contributed by atoms with E-state index >= 15 is 0 Å². The van der Waals surface area contributed by atoms with Gasteiger partial charge in [-0.25, -0.2) is 9.18 Å². The van der Waals surface area contributed by atoms with Gasteiger partial charge < -0.3 is 14.4 Å². The van der Waals surface area contributed by atoms with Crippen LogP contribution in [0.15, 0.2) is 71.6 Å². The highest BCUT2D eigenvalue weighted by atomic mass is 32.2. The van der Waals surface area contributed by atoms with E-state index in [2.05, 4.69) is 5.32 Å². The number of carbonyl (C=O) groups is 1. The van der Waals surface area contributed by atoms with Crippen molar-refractivity contribution in [2.75, 3.05) is 5.32 Å².